The van der Waals surface area contributed by atoms with Crippen LogP contribution in [0.2, 0.25) is 0 Å². The molecule has 1 saturated heterocycles. The highest BCUT2D eigenvalue weighted by atomic mass is 19.3. The molecule has 1 amide bonds. The van der Waals surface area contributed by atoms with Crippen LogP contribution < -0.4 is 0 Å². The number of halogens is 3. The summed E-state index contributed by atoms with van der Waals surface area (Å²) in [5, 5.41) is 0. The van der Waals surface area contributed by atoms with Crippen LogP contribution in [0, 0.1) is 17.3 Å². The molecule has 0 aromatic carbocycles. The Hall–Kier alpha value is -0.740. The van der Waals surface area contributed by atoms with E-state index in [2.05, 4.69) is 0 Å². The van der Waals surface area contributed by atoms with Gasteiger partial charge in [0.25, 0.3) is 5.92 Å². The molecule has 0 aromatic rings. The number of hydrogen-bond donors (Lipinski definition) is 0. The number of rotatable bonds is 1. The largest absolute Gasteiger partial charge is 0.339 e. The maximum Gasteiger partial charge on any atom is 0.260 e. The second-order valence-electron chi connectivity index (χ2n) is 6.25. The molecule has 1 saturated carbocycles. The van der Waals surface area contributed by atoms with Crippen LogP contribution in [0.25, 0.3) is 0 Å². The van der Waals surface area contributed by atoms with Crippen molar-refractivity contribution in [2.75, 3.05) is 13.1 Å². The summed E-state index contributed by atoms with van der Waals surface area (Å²) < 4.78 is 39.4. The lowest BCUT2D eigenvalue weighted by Crippen LogP contribution is -2.33. The Labute approximate surface area is 99.2 Å². The minimum absolute atomic E-state index is 0.0344. The van der Waals surface area contributed by atoms with Crippen LogP contribution in [0.1, 0.15) is 27.2 Å². The molecule has 3 atom stereocenters. The minimum atomic E-state index is -2.86. The molecule has 1 unspecified atom stereocenters. The van der Waals surface area contributed by atoms with Crippen LogP contribution in [0.5, 0.6) is 0 Å². The maximum absolute atomic E-state index is 13.8. The fourth-order valence-corrected chi connectivity index (χ4v) is 2.46. The Balaban J connectivity index is 2.00. The SMILES string of the molecule is CC(C)(C)[C@@H]1CN(C(=O)C2CC2(F)F)C[C@@H]1F. The van der Waals surface area contributed by atoms with Crippen molar-refractivity contribution in [1.82, 2.24) is 4.90 Å². The average molecular weight is 249 g/mol. The fourth-order valence-electron chi connectivity index (χ4n) is 2.46. The summed E-state index contributed by atoms with van der Waals surface area (Å²) in [5.41, 5.74) is -0.249. The van der Waals surface area contributed by atoms with Gasteiger partial charge in [0.2, 0.25) is 5.91 Å². The van der Waals surface area contributed by atoms with Crippen molar-refractivity contribution in [2.45, 2.75) is 39.3 Å². The molecule has 0 aromatic heterocycles. The van der Waals surface area contributed by atoms with Gasteiger partial charge >= 0.3 is 0 Å². The number of likely N-dealkylation sites (tertiary alicyclic amines) is 1. The molecule has 2 rings (SSSR count). The maximum atomic E-state index is 13.8. The molecule has 1 aliphatic carbocycles. The Morgan fingerprint density at radius 2 is 1.82 bits per heavy atom. The van der Waals surface area contributed by atoms with E-state index in [1.54, 1.807) is 0 Å². The van der Waals surface area contributed by atoms with Crippen LogP contribution in [0.3, 0.4) is 0 Å². The van der Waals surface area contributed by atoms with Crippen molar-refractivity contribution < 1.29 is 18.0 Å². The van der Waals surface area contributed by atoms with Gasteiger partial charge in [0.05, 0.1) is 6.54 Å². The summed E-state index contributed by atoms with van der Waals surface area (Å²) in [6.07, 6.45) is -1.48. The molecule has 0 N–H and O–H groups in total. The number of amides is 1. The Morgan fingerprint density at radius 3 is 2.18 bits per heavy atom. The fraction of sp³-hybridized carbons (Fsp3) is 0.917. The van der Waals surface area contributed by atoms with E-state index in [0.29, 0.717) is 0 Å². The third kappa shape index (κ3) is 2.29. The molecule has 2 fully saturated rings. The van der Waals surface area contributed by atoms with Crippen molar-refractivity contribution in [3.8, 4) is 0 Å². The summed E-state index contributed by atoms with van der Waals surface area (Å²) >= 11 is 0. The van der Waals surface area contributed by atoms with Crippen molar-refractivity contribution in [1.29, 1.82) is 0 Å². The number of hydrogen-bond acceptors (Lipinski definition) is 1. The van der Waals surface area contributed by atoms with Gasteiger partial charge in [-0.15, -0.1) is 0 Å². The first-order valence-corrected chi connectivity index (χ1v) is 5.93. The Morgan fingerprint density at radius 1 is 1.29 bits per heavy atom. The summed E-state index contributed by atoms with van der Waals surface area (Å²) in [6, 6.07) is 0. The predicted octanol–water partition coefficient (Wildman–Crippen LogP) is 2.48. The van der Waals surface area contributed by atoms with E-state index in [9.17, 15) is 18.0 Å². The zero-order chi connectivity index (χ0) is 13.0. The van der Waals surface area contributed by atoms with Gasteiger partial charge in [-0.3, -0.25) is 4.79 Å². The van der Waals surface area contributed by atoms with Gasteiger partial charge in [0, 0.05) is 18.9 Å². The lowest BCUT2D eigenvalue weighted by Gasteiger charge is -2.28. The van der Waals surface area contributed by atoms with Crippen molar-refractivity contribution in [3.05, 3.63) is 0 Å². The molecule has 0 bridgehead atoms. The standard InChI is InChI=1S/C12H18F3NO/c1-11(2,3)8-5-16(6-9(8)13)10(17)7-4-12(7,14)15/h7-9H,4-6H2,1-3H3/t7?,8-,9+/m1/s1. The molecule has 98 valence electrons. The Kier molecular flexibility index (Phi) is 2.71. The quantitative estimate of drug-likeness (QED) is 0.699. The smallest absolute Gasteiger partial charge is 0.260 e. The van der Waals surface area contributed by atoms with Crippen LogP contribution in [0.4, 0.5) is 13.2 Å². The zero-order valence-electron chi connectivity index (χ0n) is 10.3. The number of alkyl halides is 3. The highest BCUT2D eigenvalue weighted by Crippen LogP contribution is 2.50. The van der Waals surface area contributed by atoms with E-state index in [-0.39, 0.29) is 30.8 Å². The second-order valence-corrected chi connectivity index (χ2v) is 6.25. The first-order chi connectivity index (χ1) is 7.63. The van der Waals surface area contributed by atoms with Gasteiger partial charge in [0.15, 0.2) is 0 Å². The summed E-state index contributed by atoms with van der Waals surface area (Å²) in [6.45, 7) is 5.95. The summed E-state index contributed by atoms with van der Waals surface area (Å²) in [5.74, 6) is -4.90. The van der Waals surface area contributed by atoms with E-state index in [4.69, 9.17) is 0 Å². The zero-order valence-corrected chi connectivity index (χ0v) is 10.3. The second kappa shape index (κ2) is 3.62. The third-order valence-corrected chi connectivity index (χ3v) is 3.80. The molecule has 0 spiro atoms. The molecular weight excluding hydrogens is 231 g/mol. The number of carbonyl (C=O) groups excluding carboxylic acids is 1. The van der Waals surface area contributed by atoms with E-state index in [1.807, 2.05) is 20.8 Å². The van der Waals surface area contributed by atoms with Gasteiger partial charge < -0.3 is 4.90 Å². The lowest BCUT2D eigenvalue weighted by atomic mass is 9.79. The molecule has 5 heteroatoms. The monoisotopic (exact) mass is 249 g/mol. The van der Waals surface area contributed by atoms with Crippen LogP contribution in [-0.2, 0) is 4.79 Å². The molecule has 1 heterocycles. The molecule has 1 aliphatic heterocycles. The average Bonchev–Trinajstić information content (AvgIpc) is 2.60. The number of nitrogens with zero attached hydrogens (tertiary/aromatic N) is 1. The van der Waals surface area contributed by atoms with E-state index in [1.165, 1.54) is 4.90 Å². The highest BCUT2D eigenvalue weighted by Gasteiger charge is 2.63. The lowest BCUT2D eigenvalue weighted by molar-refractivity contribution is -0.134. The summed E-state index contributed by atoms with van der Waals surface area (Å²) in [7, 11) is 0. The number of carbonyl (C=O) groups is 1. The molecule has 2 nitrogen and oxygen atoms in total. The van der Waals surface area contributed by atoms with Gasteiger partial charge in [-0.1, -0.05) is 20.8 Å². The highest BCUT2D eigenvalue weighted by molar-refractivity contribution is 5.83. The van der Waals surface area contributed by atoms with Gasteiger partial charge in [-0.05, 0) is 5.41 Å². The topological polar surface area (TPSA) is 20.3 Å². The molecule has 17 heavy (non-hydrogen) atoms. The Bertz CT molecular complexity index is 337. The van der Waals surface area contributed by atoms with E-state index >= 15 is 0 Å². The van der Waals surface area contributed by atoms with Crippen molar-refractivity contribution >= 4 is 5.91 Å². The minimum Gasteiger partial charge on any atom is -0.339 e. The molecular formula is C12H18F3NO. The first kappa shape index (κ1) is 12.7. The van der Waals surface area contributed by atoms with E-state index < -0.39 is 23.9 Å². The van der Waals surface area contributed by atoms with Gasteiger partial charge in [-0.2, -0.15) is 0 Å². The normalized spacial score (nSPS) is 36.1. The first-order valence-electron chi connectivity index (χ1n) is 5.93. The van der Waals surface area contributed by atoms with Gasteiger partial charge in [-0.25, -0.2) is 13.2 Å². The van der Waals surface area contributed by atoms with Crippen molar-refractivity contribution in [3.63, 3.8) is 0 Å². The van der Waals surface area contributed by atoms with Gasteiger partial charge in [0.1, 0.15) is 12.1 Å². The predicted molar refractivity (Wildman–Crippen MR) is 57.5 cm³/mol. The van der Waals surface area contributed by atoms with Crippen LogP contribution in [0.15, 0.2) is 0 Å². The van der Waals surface area contributed by atoms with Crippen LogP contribution >= 0.6 is 0 Å². The molecule has 0 radical (unpaired) electrons. The van der Waals surface area contributed by atoms with E-state index in [0.717, 1.165) is 0 Å². The van der Waals surface area contributed by atoms with Crippen LogP contribution in [-0.4, -0.2) is 36.0 Å². The van der Waals surface area contributed by atoms with Crippen molar-refractivity contribution in [2.24, 2.45) is 17.3 Å². The summed E-state index contributed by atoms with van der Waals surface area (Å²) in [4.78, 5) is 13.0. The molecule has 2 aliphatic rings. The third-order valence-electron chi connectivity index (χ3n) is 3.80.